The predicted molar refractivity (Wildman–Crippen MR) is 69.0 cm³/mol. The van der Waals surface area contributed by atoms with E-state index in [0.29, 0.717) is 26.2 Å². The van der Waals surface area contributed by atoms with Crippen LogP contribution in [0.15, 0.2) is 24.3 Å². The van der Waals surface area contributed by atoms with Gasteiger partial charge in [-0.15, -0.1) is 0 Å². The molecule has 1 aromatic carbocycles. The molecule has 0 radical (unpaired) electrons. The van der Waals surface area contributed by atoms with Crippen LogP contribution in [-0.2, 0) is 17.5 Å². The summed E-state index contributed by atoms with van der Waals surface area (Å²) >= 11 is 0. The number of amides is 1. The highest BCUT2D eigenvalue weighted by atomic mass is 19.4. The number of piperazine rings is 1. The zero-order valence-corrected chi connectivity index (χ0v) is 11.3. The number of carbonyl (C=O) groups excluding carboxylic acids is 1. The van der Waals surface area contributed by atoms with Crippen LogP contribution in [0, 0.1) is 0 Å². The fourth-order valence-electron chi connectivity index (χ4n) is 2.40. The van der Waals surface area contributed by atoms with Gasteiger partial charge in [-0.25, -0.2) is 0 Å². The number of halogens is 3. The maximum atomic E-state index is 12.9. The summed E-state index contributed by atoms with van der Waals surface area (Å²) in [6.07, 6.45) is -4.32. The molecule has 1 heterocycles. The average Bonchev–Trinajstić information content (AvgIpc) is 2.38. The van der Waals surface area contributed by atoms with Crippen molar-refractivity contribution in [2.45, 2.75) is 19.6 Å². The zero-order valence-electron chi connectivity index (χ0n) is 11.3. The summed E-state index contributed by atoms with van der Waals surface area (Å²) < 4.78 is 38.7. The lowest BCUT2D eigenvalue weighted by Gasteiger charge is -2.34. The second kappa shape index (κ2) is 5.83. The Kier molecular flexibility index (Phi) is 4.32. The highest BCUT2D eigenvalue weighted by Gasteiger charge is 2.33. The Morgan fingerprint density at radius 2 is 1.75 bits per heavy atom. The van der Waals surface area contributed by atoms with Crippen molar-refractivity contribution >= 4 is 5.91 Å². The van der Waals surface area contributed by atoms with Gasteiger partial charge in [0.2, 0.25) is 5.91 Å². The van der Waals surface area contributed by atoms with Gasteiger partial charge in [0.15, 0.2) is 0 Å². The minimum atomic E-state index is -4.32. The van der Waals surface area contributed by atoms with E-state index in [2.05, 4.69) is 0 Å². The molecule has 6 heteroatoms. The smallest absolute Gasteiger partial charge is 0.340 e. The van der Waals surface area contributed by atoms with Gasteiger partial charge in [-0.1, -0.05) is 18.2 Å². The van der Waals surface area contributed by atoms with Crippen molar-refractivity contribution in [3.8, 4) is 0 Å². The molecule has 1 aliphatic heterocycles. The quantitative estimate of drug-likeness (QED) is 0.833. The van der Waals surface area contributed by atoms with Crippen molar-refractivity contribution in [3.63, 3.8) is 0 Å². The molecule has 20 heavy (non-hydrogen) atoms. The number of hydrogen-bond donors (Lipinski definition) is 0. The van der Waals surface area contributed by atoms with Crippen LogP contribution in [0.1, 0.15) is 18.1 Å². The lowest BCUT2D eigenvalue weighted by Crippen LogP contribution is -2.47. The lowest BCUT2D eigenvalue weighted by atomic mass is 10.1. The van der Waals surface area contributed by atoms with Crippen LogP contribution in [0.4, 0.5) is 13.2 Å². The Hall–Kier alpha value is -1.56. The Balaban J connectivity index is 2.03. The number of nitrogens with zero attached hydrogens (tertiary/aromatic N) is 2. The summed E-state index contributed by atoms with van der Waals surface area (Å²) in [6.45, 7) is 4.13. The van der Waals surface area contributed by atoms with Gasteiger partial charge in [-0.2, -0.15) is 13.2 Å². The molecule has 1 aromatic rings. The molecular weight excluding hydrogens is 269 g/mol. The first-order valence-corrected chi connectivity index (χ1v) is 6.51. The monoisotopic (exact) mass is 286 g/mol. The van der Waals surface area contributed by atoms with Gasteiger partial charge >= 0.3 is 6.18 Å². The molecular formula is C14H17F3N2O. The van der Waals surface area contributed by atoms with Gasteiger partial charge in [0.1, 0.15) is 0 Å². The Morgan fingerprint density at radius 1 is 1.15 bits per heavy atom. The summed E-state index contributed by atoms with van der Waals surface area (Å²) in [5, 5.41) is 0. The third kappa shape index (κ3) is 3.50. The van der Waals surface area contributed by atoms with Crippen LogP contribution in [0.2, 0.25) is 0 Å². The summed E-state index contributed by atoms with van der Waals surface area (Å²) in [4.78, 5) is 14.9. The summed E-state index contributed by atoms with van der Waals surface area (Å²) in [6, 6.07) is 5.65. The Labute approximate surface area is 116 Å². The Morgan fingerprint density at radius 3 is 2.30 bits per heavy atom. The molecule has 0 atom stereocenters. The fourth-order valence-corrected chi connectivity index (χ4v) is 2.40. The Bertz CT molecular complexity index is 480. The van der Waals surface area contributed by atoms with E-state index in [-0.39, 0.29) is 18.0 Å². The number of alkyl halides is 3. The van der Waals surface area contributed by atoms with Gasteiger partial charge in [0.25, 0.3) is 0 Å². The molecule has 1 aliphatic rings. The van der Waals surface area contributed by atoms with Gasteiger partial charge in [0.05, 0.1) is 5.56 Å². The van der Waals surface area contributed by atoms with Crippen LogP contribution < -0.4 is 0 Å². The highest BCUT2D eigenvalue weighted by Crippen LogP contribution is 2.32. The third-order valence-corrected chi connectivity index (χ3v) is 3.53. The molecule has 1 saturated heterocycles. The van der Waals surface area contributed by atoms with Crippen molar-refractivity contribution < 1.29 is 18.0 Å². The topological polar surface area (TPSA) is 23.6 Å². The van der Waals surface area contributed by atoms with Crippen molar-refractivity contribution in [3.05, 3.63) is 35.4 Å². The first-order chi connectivity index (χ1) is 9.38. The van der Waals surface area contributed by atoms with E-state index in [1.54, 1.807) is 11.0 Å². The average molecular weight is 286 g/mol. The number of benzene rings is 1. The molecule has 0 N–H and O–H groups in total. The minimum Gasteiger partial charge on any atom is -0.340 e. The number of hydrogen-bond acceptors (Lipinski definition) is 2. The number of carbonyl (C=O) groups is 1. The zero-order chi connectivity index (χ0) is 14.8. The van der Waals surface area contributed by atoms with E-state index < -0.39 is 11.7 Å². The molecule has 110 valence electrons. The van der Waals surface area contributed by atoms with Crippen LogP contribution in [0.25, 0.3) is 0 Å². The molecule has 0 unspecified atom stereocenters. The largest absolute Gasteiger partial charge is 0.416 e. The predicted octanol–water partition coefficient (Wildman–Crippen LogP) is 2.37. The van der Waals surface area contributed by atoms with E-state index in [4.69, 9.17) is 0 Å². The van der Waals surface area contributed by atoms with Crippen LogP contribution >= 0.6 is 0 Å². The molecule has 1 fully saturated rings. The molecule has 0 bridgehead atoms. The van der Waals surface area contributed by atoms with E-state index in [1.165, 1.54) is 19.1 Å². The first kappa shape index (κ1) is 14.8. The molecule has 3 nitrogen and oxygen atoms in total. The van der Waals surface area contributed by atoms with Crippen LogP contribution in [-0.4, -0.2) is 41.9 Å². The van der Waals surface area contributed by atoms with Gasteiger partial charge in [-0.05, 0) is 11.6 Å². The van der Waals surface area contributed by atoms with Gasteiger partial charge < -0.3 is 4.90 Å². The standard InChI is InChI=1S/C14H17F3N2O/c1-11(20)19-8-6-18(7-9-19)10-12-4-2-3-5-13(12)14(15,16)17/h2-5H,6-10H2,1H3. The molecule has 0 aliphatic carbocycles. The third-order valence-electron chi connectivity index (χ3n) is 3.53. The summed E-state index contributed by atoms with van der Waals surface area (Å²) in [7, 11) is 0. The van der Waals surface area contributed by atoms with Gasteiger partial charge in [-0.3, -0.25) is 9.69 Å². The number of rotatable bonds is 2. The van der Waals surface area contributed by atoms with E-state index in [9.17, 15) is 18.0 Å². The maximum absolute atomic E-state index is 12.9. The minimum absolute atomic E-state index is 0.0142. The van der Waals surface area contributed by atoms with E-state index >= 15 is 0 Å². The van der Waals surface area contributed by atoms with Crippen molar-refractivity contribution in [2.24, 2.45) is 0 Å². The fraction of sp³-hybridized carbons (Fsp3) is 0.500. The molecule has 0 saturated carbocycles. The van der Waals surface area contributed by atoms with Crippen molar-refractivity contribution in [1.82, 2.24) is 9.80 Å². The normalized spacial score (nSPS) is 17.3. The summed E-state index contributed by atoms with van der Waals surface area (Å²) in [5.41, 5.74) is -0.287. The van der Waals surface area contributed by atoms with Gasteiger partial charge in [0, 0.05) is 39.6 Å². The molecule has 0 aromatic heterocycles. The summed E-state index contributed by atoms with van der Waals surface area (Å²) in [5.74, 6) is 0.0142. The maximum Gasteiger partial charge on any atom is 0.416 e. The first-order valence-electron chi connectivity index (χ1n) is 6.51. The van der Waals surface area contributed by atoms with Crippen molar-refractivity contribution in [1.29, 1.82) is 0 Å². The molecule has 2 rings (SSSR count). The highest BCUT2D eigenvalue weighted by molar-refractivity contribution is 5.73. The van der Waals surface area contributed by atoms with Crippen LogP contribution in [0.3, 0.4) is 0 Å². The molecule has 0 spiro atoms. The lowest BCUT2D eigenvalue weighted by molar-refractivity contribution is -0.138. The molecule has 1 amide bonds. The van der Waals surface area contributed by atoms with Crippen molar-refractivity contribution in [2.75, 3.05) is 26.2 Å². The SMILES string of the molecule is CC(=O)N1CCN(Cc2ccccc2C(F)(F)F)CC1. The second-order valence-corrected chi connectivity index (χ2v) is 4.94. The van der Waals surface area contributed by atoms with E-state index in [1.807, 2.05) is 4.90 Å². The second-order valence-electron chi connectivity index (χ2n) is 4.94. The van der Waals surface area contributed by atoms with Crippen LogP contribution in [0.5, 0.6) is 0 Å². The van der Waals surface area contributed by atoms with E-state index in [0.717, 1.165) is 6.07 Å².